The lowest BCUT2D eigenvalue weighted by atomic mass is 10.2. The summed E-state index contributed by atoms with van der Waals surface area (Å²) < 4.78 is 7.21. The molecule has 1 fully saturated rings. The maximum atomic E-state index is 5.56. The zero-order valence-corrected chi connectivity index (χ0v) is 15.4. The monoisotopic (exact) mass is 369 g/mol. The Morgan fingerprint density at radius 1 is 1.33 bits per heavy atom. The average Bonchev–Trinajstić information content (AvgIpc) is 3.37. The Kier molecular flexibility index (Phi) is 5.07. The number of aromatic nitrogens is 6. The Labute approximate surface area is 156 Å². The van der Waals surface area contributed by atoms with E-state index >= 15 is 0 Å². The Balaban J connectivity index is 1.53. The SMILES string of the molecule is CCC(Nc1nnnn1-c1ccccc1)c1nc(C2CNCCN2C)no1. The fourth-order valence-electron chi connectivity index (χ4n) is 3.13. The molecule has 1 aromatic carbocycles. The second kappa shape index (κ2) is 7.80. The summed E-state index contributed by atoms with van der Waals surface area (Å²) in [5.74, 6) is 1.76. The van der Waals surface area contributed by atoms with Crippen LogP contribution in [0.25, 0.3) is 5.69 Å². The molecule has 0 radical (unpaired) electrons. The number of benzene rings is 1. The number of nitrogens with zero attached hydrogens (tertiary/aromatic N) is 7. The van der Waals surface area contributed by atoms with E-state index in [4.69, 9.17) is 4.52 Å². The van der Waals surface area contributed by atoms with Crippen LogP contribution >= 0.6 is 0 Å². The number of hydrogen-bond acceptors (Lipinski definition) is 9. The molecule has 3 aromatic rings. The summed E-state index contributed by atoms with van der Waals surface area (Å²) in [6.07, 6.45) is 0.752. The van der Waals surface area contributed by atoms with Crippen molar-refractivity contribution in [1.82, 2.24) is 40.6 Å². The fraction of sp³-hybridized carbons (Fsp3) is 0.471. The molecule has 1 saturated heterocycles. The van der Waals surface area contributed by atoms with Crippen LogP contribution in [0.15, 0.2) is 34.9 Å². The van der Waals surface area contributed by atoms with Crippen LogP contribution in [0.3, 0.4) is 0 Å². The third kappa shape index (κ3) is 3.67. The van der Waals surface area contributed by atoms with Crippen LogP contribution < -0.4 is 10.6 Å². The molecule has 4 rings (SSSR count). The van der Waals surface area contributed by atoms with E-state index in [2.05, 4.69) is 48.2 Å². The van der Waals surface area contributed by atoms with Crippen molar-refractivity contribution >= 4 is 5.95 Å². The Hall–Kier alpha value is -2.85. The van der Waals surface area contributed by atoms with Crippen molar-refractivity contribution in [2.45, 2.75) is 25.4 Å². The summed E-state index contributed by atoms with van der Waals surface area (Å²) in [7, 11) is 2.07. The van der Waals surface area contributed by atoms with Gasteiger partial charge in [0.25, 0.3) is 0 Å². The number of tetrazole rings is 1. The molecule has 0 saturated carbocycles. The smallest absolute Gasteiger partial charge is 0.249 e. The molecule has 1 aliphatic heterocycles. The van der Waals surface area contributed by atoms with Crippen LogP contribution in [0.2, 0.25) is 0 Å². The summed E-state index contributed by atoms with van der Waals surface area (Å²) in [5, 5.41) is 22.8. The van der Waals surface area contributed by atoms with Gasteiger partial charge in [-0.2, -0.15) is 9.67 Å². The van der Waals surface area contributed by atoms with Crippen LogP contribution in [0.1, 0.15) is 37.1 Å². The van der Waals surface area contributed by atoms with E-state index in [1.54, 1.807) is 4.68 Å². The van der Waals surface area contributed by atoms with Crippen LogP contribution in [-0.4, -0.2) is 61.9 Å². The largest absolute Gasteiger partial charge is 0.341 e. The third-order valence-electron chi connectivity index (χ3n) is 4.75. The maximum Gasteiger partial charge on any atom is 0.249 e. The van der Waals surface area contributed by atoms with Crippen LogP contribution in [0.5, 0.6) is 0 Å². The van der Waals surface area contributed by atoms with E-state index < -0.39 is 0 Å². The average molecular weight is 369 g/mol. The normalized spacial score (nSPS) is 19.1. The predicted molar refractivity (Wildman–Crippen MR) is 98.3 cm³/mol. The Morgan fingerprint density at radius 3 is 2.96 bits per heavy atom. The van der Waals surface area contributed by atoms with Gasteiger partial charge < -0.3 is 15.2 Å². The van der Waals surface area contributed by atoms with Gasteiger partial charge in [0.15, 0.2) is 5.82 Å². The first-order chi connectivity index (χ1) is 13.3. The van der Waals surface area contributed by atoms with Gasteiger partial charge >= 0.3 is 0 Å². The van der Waals surface area contributed by atoms with Crippen molar-refractivity contribution in [1.29, 1.82) is 0 Å². The lowest BCUT2D eigenvalue weighted by Gasteiger charge is -2.30. The minimum Gasteiger partial charge on any atom is -0.341 e. The molecule has 1 aliphatic rings. The molecule has 0 amide bonds. The van der Waals surface area contributed by atoms with Gasteiger partial charge in [0, 0.05) is 19.6 Å². The molecule has 142 valence electrons. The minimum atomic E-state index is -0.179. The van der Waals surface area contributed by atoms with Crippen LogP contribution in [0.4, 0.5) is 5.95 Å². The van der Waals surface area contributed by atoms with E-state index in [9.17, 15) is 0 Å². The molecule has 0 spiro atoms. The first-order valence-corrected chi connectivity index (χ1v) is 9.11. The minimum absolute atomic E-state index is 0.114. The second-order valence-electron chi connectivity index (χ2n) is 6.55. The Morgan fingerprint density at radius 2 is 2.19 bits per heavy atom. The summed E-state index contributed by atoms with van der Waals surface area (Å²) in [5.41, 5.74) is 0.876. The molecular formula is C17H23N9O. The number of hydrogen-bond donors (Lipinski definition) is 2. The van der Waals surface area contributed by atoms with E-state index in [1.165, 1.54) is 0 Å². The summed E-state index contributed by atoms with van der Waals surface area (Å²) in [4.78, 5) is 6.87. The standard InChI is InChI=1S/C17H23N9O/c1-3-13(16-20-15(22-27-16)14-11-18-9-10-25(14)2)19-17-21-23-24-26(17)12-7-5-4-6-8-12/h4-8,13-14,18H,3,9-11H2,1-2H3,(H,19,21,24). The molecule has 10 heteroatoms. The zero-order valence-electron chi connectivity index (χ0n) is 15.4. The molecule has 2 aromatic heterocycles. The summed E-state index contributed by atoms with van der Waals surface area (Å²) in [6.45, 7) is 4.78. The van der Waals surface area contributed by atoms with Gasteiger partial charge in [0.1, 0.15) is 6.04 Å². The summed E-state index contributed by atoms with van der Waals surface area (Å²) >= 11 is 0. The second-order valence-corrected chi connectivity index (χ2v) is 6.55. The van der Waals surface area contributed by atoms with Crippen molar-refractivity contribution < 1.29 is 4.52 Å². The lowest BCUT2D eigenvalue weighted by molar-refractivity contribution is 0.190. The number of para-hydroxylation sites is 1. The quantitative estimate of drug-likeness (QED) is 0.662. The number of nitrogens with one attached hydrogen (secondary N) is 2. The number of piperazine rings is 1. The van der Waals surface area contributed by atoms with E-state index in [0.29, 0.717) is 17.7 Å². The highest BCUT2D eigenvalue weighted by Gasteiger charge is 2.27. The molecule has 0 bridgehead atoms. The maximum absolute atomic E-state index is 5.56. The summed E-state index contributed by atoms with van der Waals surface area (Å²) in [6, 6.07) is 9.66. The van der Waals surface area contributed by atoms with Gasteiger partial charge in [-0.3, -0.25) is 4.90 Å². The van der Waals surface area contributed by atoms with Gasteiger partial charge in [-0.1, -0.05) is 35.4 Å². The molecule has 27 heavy (non-hydrogen) atoms. The van der Waals surface area contributed by atoms with Crippen LogP contribution in [-0.2, 0) is 0 Å². The van der Waals surface area contributed by atoms with Crippen LogP contribution in [0, 0.1) is 0 Å². The predicted octanol–water partition coefficient (Wildman–Crippen LogP) is 1.18. The zero-order chi connectivity index (χ0) is 18.6. The molecule has 3 heterocycles. The van der Waals surface area contributed by atoms with Crippen molar-refractivity contribution in [2.24, 2.45) is 0 Å². The number of rotatable bonds is 6. The third-order valence-corrected chi connectivity index (χ3v) is 4.75. The highest BCUT2D eigenvalue weighted by molar-refractivity contribution is 5.39. The molecule has 0 aliphatic carbocycles. The first kappa shape index (κ1) is 17.6. The lowest BCUT2D eigenvalue weighted by Crippen LogP contribution is -2.44. The van der Waals surface area contributed by atoms with E-state index in [0.717, 1.165) is 31.7 Å². The number of anilines is 1. The van der Waals surface area contributed by atoms with Gasteiger partial charge in [-0.15, -0.1) is 0 Å². The fourth-order valence-corrected chi connectivity index (χ4v) is 3.13. The molecule has 10 nitrogen and oxygen atoms in total. The first-order valence-electron chi connectivity index (χ1n) is 9.11. The molecular weight excluding hydrogens is 346 g/mol. The Bertz CT molecular complexity index is 862. The van der Waals surface area contributed by atoms with Crippen molar-refractivity contribution in [2.75, 3.05) is 32.0 Å². The molecule has 2 atom stereocenters. The van der Waals surface area contributed by atoms with Crippen molar-refractivity contribution in [3.8, 4) is 5.69 Å². The molecule has 2 unspecified atom stereocenters. The topological polar surface area (TPSA) is 110 Å². The van der Waals surface area contributed by atoms with Gasteiger partial charge in [-0.25, -0.2) is 0 Å². The van der Waals surface area contributed by atoms with Gasteiger partial charge in [0.05, 0.1) is 11.7 Å². The van der Waals surface area contributed by atoms with Gasteiger partial charge in [-0.05, 0) is 36.0 Å². The van der Waals surface area contributed by atoms with E-state index in [1.807, 2.05) is 37.3 Å². The van der Waals surface area contributed by atoms with Gasteiger partial charge in [0.2, 0.25) is 11.8 Å². The van der Waals surface area contributed by atoms with Crippen molar-refractivity contribution in [3.05, 3.63) is 42.0 Å². The van der Waals surface area contributed by atoms with E-state index in [-0.39, 0.29) is 12.1 Å². The number of likely N-dealkylation sites (N-methyl/N-ethyl adjacent to an activating group) is 1. The van der Waals surface area contributed by atoms with Crippen molar-refractivity contribution in [3.63, 3.8) is 0 Å². The highest BCUT2D eigenvalue weighted by Crippen LogP contribution is 2.24. The molecule has 2 N–H and O–H groups in total. The highest BCUT2D eigenvalue weighted by atomic mass is 16.5.